The Balaban J connectivity index is 1.76. The summed E-state index contributed by atoms with van der Waals surface area (Å²) in [6.45, 7) is 5.35. The maximum atomic E-state index is 13.3. The first kappa shape index (κ1) is 17.5. The van der Waals surface area contributed by atoms with E-state index in [-0.39, 0.29) is 5.91 Å². The highest BCUT2D eigenvalue weighted by molar-refractivity contribution is 6.00. The fourth-order valence-corrected chi connectivity index (χ4v) is 3.39. The molecule has 138 valence electrons. The van der Waals surface area contributed by atoms with E-state index in [0.717, 1.165) is 49.5 Å². The van der Waals surface area contributed by atoms with Crippen molar-refractivity contribution in [1.29, 1.82) is 0 Å². The Labute approximate surface area is 159 Å². The van der Waals surface area contributed by atoms with Gasteiger partial charge in [0.05, 0.1) is 11.3 Å². The van der Waals surface area contributed by atoms with Crippen molar-refractivity contribution in [2.24, 2.45) is 0 Å². The summed E-state index contributed by atoms with van der Waals surface area (Å²) in [6.07, 6.45) is 2.84. The molecule has 0 saturated carbocycles. The van der Waals surface area contributed by atoms with Crippen LogP contribution in [0, 0.1) is 6.92 Å². The average molecular weight is 360 g/mol. The van der Waals surface area contributed by atoms with E-state index in [1.54, 1.807) is 0 Å². The summed E-state index contributed by atoms with van der Waals surface area (Å²) in [6, 6.07) is 18.1. The van der Waals surface area contributed by atoms with Crippen LogP contribution in [0.4, 0.5) is 0 Å². The van der Waals surface area contributed by atoms with Gasteiger partial charge in [-0.15, -0.1) is 0 Å². The Kier molecular flexibility index (Phi) is 5.03. The van der Waals surface area contributed by atoms with Gasteiger partial charge >= 0.3 is 0 Å². The number of hydrogen-bond donors (Lipinski definition) is 1. The van der Waals surface area contributed by atoms with Crippen LogP contribution < -0.4 is 5.32 Å². The second kappa shape index (κ2) is 7.76. The van der Waals surface area contributed by atoms with Crippen molar-refractivity contribution < 1.29 is 4.79 Å². The first-order chi connectivity index (χ1) is 13.2. The zero-order chi connectivity index (χ0) is 18.6. The predicted molar refractivity (Wildman–Crippen MR) is 107 cm³/mol. The van der Waals surface area contributed by atoms with E-state index in [4.69, 9.17) is 5.10 Å². The minimum Gasteiger partial charge on any atom is -0.337 e. The van der Waals surface area contributed by atoms with Crippen LogP contribution in [0.1, 0.15) is 22.3 Å². The quantitative estimate of drug-likeness (QED) is 0.780. The maximum Gasteiger partial charge on any atom is 0.257 e. The number of amides is 1. The standard InChI is InChI=1S/C22H24N4O/c1-17-8-10-19(11-9-17)26-16-20(21(24-26)18-6-3-2-4-7-18)22(27)25-14-5-12-23-13-15-25/h2-4,6-11,16,23H,5,12-15H2,1H3. The molecule has 2 heterocycles. The molecule has 0 radical (unpaired) electrons. The molecule has 0 spiro atoms. The Hall–Kier alpha value is -2.92. The van der Waals surface area contributed by atoms with Crippen LogP contribution in [0.2, 0.25) is 0 Å². The fourth-order valence-electron chi connectivity index (χ4n) is 3.39. The number of rotatable bonds is 3. The fraction of sp³-hybridized carbons (Fsp3) is 0.273. The van der Waals surface area contributed by atoms with Gasteiger partial charge in [0, 0.05) is 31.4 Å². The van der Waals surface area contributed by atoms with E-state index in [2.05, 4.69) is 24.4 Å². The van der Waals surface area contributed by atoms with E-state index < -0.39 is 0 Å². The van der Waals surface area contributed by atoms with Crippen molar-refractivity contribution >= 4 is 5.91 Å². The molecule has 1 saturated heterocycles. The molecule has 3 aromatic rings. The number of aryl methyl sites for hydroxylation is 1. The molecule has 27 heavy (non-hydrogen) atoms. The molecule has 1 aromatic heterocycles. The molecule has 5 nitrogen and oxygen atoms in total. The van der Waals surface area contributed by atoms with Crippen LogP contribution in [0.25, 0.3) is 16.9 Å². The van der Waals surface area contributed by atoms with E-state index >= 15 is 0 Å². The lowest BCUT2D eigenvalue weighted by atomic mass is 10.1. The SMILES string of the molecule is Cc1ccc(-n2cc(C(=O)N3CCCNCC3)c(-c3ccccc3)n2)cc1. The minimum atomic E-state index is 0.0518. The summed E-state index contributed by atoms with van der Waals surface area (Å²) in [4.78, 5) is 15.2. The van der Waals surface area contributed by atoms with Gasteiger partial charge in [0.25, 0.3) is 5.91 Å². The van der Waals surface area contributed by atoms with Gasteiger partial charge in [0.1, 0.15) is 5.69 Å². The third-order valence-corrected chi connectivity index (χ3v) is 4.92. The van der Waals surface area contributed by atoms with Gasteiger partial charge in [0.15, 0.2) is 0 Å². The molecule has 0 unspecified atom stereocenters. The monoisotopic (exact) mass is 360 g/mol. The maximum absolute atomic E-state index is 13.3. The smallest absolute Gasteiger partial charge is 0.257 e. The second-order valence-corrected chi connectivity index (χ2v) is 6.93. The number of carbonyl (C=O) groups excluding carboxylic acids is 1. The summed E-state index contributed by atoms with van der Waals surface area (Å²) in [5, 5.41) is 8.12. The van der Waals surface area contributed by atoms with Gasteiger partial charge in [-0.1, -0.05) is 48.0 Å². The van der Waals surface area contributed by atoms with Crippen molar-refractivity contribution in [3.8, 4) is 16.9 Å². The summed E-state index contributed by atoms with van der Waals surface area (Å²) in [7, 11) is 0. The first-order valence-electron chi connectivity index (χ1n) is 9.44. The van der Waals surface area contributed by atoms with Crippen molar-refractivity contribution in [2.75, 3.05) is 26.2 Å². The number of hydrogen-bond acceptors (Lipinski definition) is 3. The van der Waals surface area contributed by atoms with Crippen molar-refractivity contribution in [3.63, 3.8) is 0 Å². The molecule has 0 aliphatic carbocycles. The molecule has 1 N–H and O–H groups in total. The molecular formula is C22H24N4O. The third-order valence-electron chi connectivity index (χ3n) is 4.92. The number of aromatic nitrogens is 2. The van der Waals surface area contributed by atoms with Crippen LogP contribution in [-0.2, 0) is 0 Å². The Bertz CT molecular complexity index is 907. The van der Waals surface area contributed by atoms with Gasteiger partial charge < -0.3 is 10.2 Å². The molecule has 0 bridgehead atoms. The van der Waals surface area contributed by atoms with Crippen molar-refractivity contribution in [2.45, 2.75) is 13.3 Å². The van der Waals surface area contributed by atoms with E-state index in [1.165, 1.54) is 5.56 Å². The highest BCUT2D eigenvalue weighted by atomic mass is 16.2. The molecular weight excluding hydrogens is 336 g/mol. The average Bonchev–Trinajstić information content (AvgIpc) is 2.96. The van der Waals surface area contributed by atoms with Gasteiger partial charge in [-0.25, -0.2) is 4.68 Å². The first-order valence-corrected chi connectivity index (χ1v) is 9.44. The lowest BCUT2D eigenvalue weighted by Gasteiger charge is -2.19. The van der Waals surface area contributed by atoms with Crippen LogP contribution in [0.3, 0.4) is 0 Å². The second-order valence-electron chi connectivity index (χ2n) is 6.93. The predicted octanol–water partition coefficient (Wildman–Crippen LogP) is 3.28. The van der Waals surface area contributed by atoms with E-state index in [9.17, 15) is 4.79 Å². The highest BCUT2D eigenvalue weighted by Crippen LogP contribution is 2.25. The van der Waals surface area contributed by atoms with Crippen LogP contribution in [0.15, 0.2) is 60.8 Å². The van der Waals surface area contributed by atoms with E-state index in [0.29, 0.717) is 5.56 Å². The number of carbonyl (C=O) groups is 1. The zero-order valence-electron chi connectivity index (χ0n) is 15.6. The molecule has 5 heteroatoms. The molecule has 1 aliphatic heterocycles. The molecule has 1 amide bonds. The van der Waals surface area contributed by atoms with Gasteiger partial charge in [-0.3, -0.25) is 4.79 Å². The largest absolute Gasteiger partial charge is 0.337 e. The lowest BCUT2D eigenvalue weighted by Crippen LogP contribution is -2.34. The summed E-state index contributed by atoms with van der Waals surface area (Å²) >= 11 is 0. The summed E-state index contributed by atoms with van der Waals surface area (Å²) < 4.78 is 1.81. The van der Waals surface area contributed by atoms with Gasteiger partial charge in [-0.2, -0.15) is 5.10 Å². The summed E-state index contributed by atoms with van der Waals surface area (Å²) in [5.41, 5.74) is 4.50. The topological polar surface area (TPSA) is 50.2 Å². The van der Waals surface area contributed by atoms with Crippen molar-refractivity contribution in [1.82, 2.24) is 20.0 Å². The Morgan fingerprint density at radius 2 is 1.78 bits per heavy atom. The molecule has 1 aliphatic rings. The number of nitrogens with one attached hydrogen (secondary N) is 1. The van der Waals surface area contributed by atoms with E-state index in [1.807, 2.05) is 58.2 Å². The van der Waals surface area contributed by atoms with Gasteiger partial charge in [-0.05, 0) is 32.0 Å². The molecule has 0 atom stereocenters. The summed E-state index contributed by atoms with van der Waals surface area (Å²) in [5.74, 6) is 0.0518. The molecule has 2 aromatic carbocycles. The normalized spacial score (nSPS) is 14.8. The zero-order valence-corrected chi connectivity index (χ0v) is 15.6. The van der Waals surface area contributed by atoms with Gasteiger partial charge in [0.2, 0.25) is 0 Å². The van der Waals surface area contributed by atoms with Crippen LogP contribution >= 0.6 is 0 Å². The number of nitrogens with zero attached hydrogens (tertiary/aromatic N) is 3. The Morgan fingerprint density at radius 3 is 2.56 bits per heavy atom. The molecule has 1 fully saturated rings. The van der Waals surface area contributed by atoms with Crippen LogP contribution in [-0.4, -0.2) is 46.8 Å². The molecule has 4 rings (SSSR count). The highest BCUT2D eigenvalue weighted by Gasteiger charge is 2.24. The van der Waals surface area contributed by atoms with Crippen LogP contribution in [0.5, 0.6) is 0 Å². The lowest BCUT2D eigenvalue weighted by molar-refractivity contribution is 0.0767. The van der Waals surface area contributed by atoms with Crippen molar-refractivity contribution in [3.05, 3.63) is 71.9 Å². The Morgan fingerprint density at radius 1 is 1.00 bits per heavy atom. The number of benzene rings is 2. The minimum absolute atomic E-state index is 0.0518. The third kappa shape index (κ3) is 3.78.